The SMILES string of the molecule is COC(C)(C)C(=O)N1CC[C@H](c2ccc3c(NC4CCOCC4)n[nH]c3n2)C1. The third kappa shape index (κ3) is 3.71. The van der Waals surface area contributed by atoms with Gasteiger partial charge in [0.25, 0.3) is 5.91 Å². The number of ether oxygens (including phenoxy) is 2. The largest absolute Gasteiger partial charge is 0.381 e. The van der Waals surface area contributed by atoms with Crippen LogP contribution in [0.25, 0.3) is 11.0 Å². The van der Waals surface area contributed by atoms with Crippen LogP contribution in [0.5, 0.6) is 0 Å². The molecule has 0 aromatic carbocycles. The second kappa shape index (κ2) is 7.67. The number of rotatable bonds is 5. The van der Waals surface area contributed by atoms with E-state index in [0.29, 0.717) is 12.6 Å². The molecule has 152 valence electrons. The van der Waals surface area contributed by atoms with E-state index < -0.39 is 5.60 Å². The van der Waals surface area contributed by atoms with Crippen LogP contribution in [0.2, 0.25) is 0 Å². The number of methoxy groups -OCH3 is 1. The Bertz CT molecular complexity index is 843. The van der Waals surface area contributed by atoms with Gasteiger partial charge in [0.15, 0.2) is 11.5 Å². The van der Waals surface area contributed by atoms with E-state index in [1.54, 1.807) is 7.11 Å². The van der Waals surface area contributed by atoms with Crippen LogP contribution in [-0.4, -0.2) is 71.0 Å². The Labute approximate surface area is 165 Å². The lowest BCUT2D eigenvalue weighted by atomic mass is 10.0. The van der Waals surface area contributed by atoms with Crippen LogP contribution in [0.4, 0.5) is 5.82 Å². The number of hydrogen-bond acceptors (Lipinski definition) is 6. The van der Waals surface area contributed by atoms with Gasteiger partial charge in [0.2, 0.25) is 0 Å². The van der Waals surface area contributed by atoms with E-state index in [4.69, 9.17) is 14.5 Å². The second-order valence-electron chi connectivity index (χ2n) is 8.19. The van der Waals surface area contributed by atoms with Crippen molar-refractivity contribution in [3.63, 3.8) is 0 Å². The van der Waals surface area contributed by atoms with E-state index in [2.05, 4.69) is 27.6 Å². The first-order chi connectivity index (χ1) is 13.5. The van der Waals surface area contributed by atoms with Gasteiger partial charge in [-0.05, 0) is 45.2 Å². The predicted molar refractivity (Wildman–Crippen MR) is 106 cm³/mol. The second-order valence-corrected chi connectivity index (χ2v) is 8.19. The Hall–Kier alpha value is -2.19. The lowest BCUT2D eigenvalue weighted by Gasteiger charge is -2.27. The summed E-state index contributed by atoms with van der Waals surface area (Å²) in [4.78, 5) is 19.3. The highest BCUT2D eigenvalue weighted by Crippen LogP contribution is 2.30. The fourth-order valence-corrected chi connectivity index (χ4v) is 3.95. The molecule has 2 aromatic heterocycles. The molecule has 0 radical (unpaired) electrons. The molecule has 4 rings (SSSR count). The molecule has 2 aliphatic heterocycles. The summed E-state index contributed by atoms with van der Waals surface area (Å²) in [5, 5.41) is 12.0. The molecule has 2 N–H and O–H groups in total. The van der Waals surface area contributed by atoms with E-state index in [1.165, 1.54) is 0 Å². The van der Waals surface area contributed by atoms with E-state index in [-0.39, 0.29) is 11.8 Å². The van der Waals surface area contributed by atoms with Gasteiger partial charge in [-0.25, -0.2) is 4.98 Å². The number of H-pyrrole nitrogens is 1. The lowest BCUT2D eigenvalue weighted by molar-refractivity contribution is -0.149. The minimum Gasteiger partial charge on any atom is -0.381 e. The minimum atomic E-state index is -0.791. The monoisotopic (exact) mass is 387 g/mol. The summed E-state index contributed by atoms with van der Waals surface area (Å²) in [5.41, 5.74) is 0.994. The van der Waals surface area contributed by atoms with Crippen molar-refractivity contribution < 1.29 is 14.3 Å². The highest BCUT2D eigenvalue weighted by Gasteiger charge is 2.36. The maximum Gasteiger partial charge on any atom is 0.254 e. The van der Waals surface area contributed by atoms with Crippen molar-refractivity contribution in [1.82, 2.24) is 20.1 Å². The van der Waals surface area contributed by atoms with Crippen molar-refractivity contribution in [1.29, 1.82) is 0 Å². The van der Waals surface area contributed by atoms with Crippen molar-refractivity contribution in [2.24, 2.45) is 0 Å². The first-order valence-electron chi connectivity index (χ1n) is 10.0. The number of aromatic amines is 1. The number of carbonyl (C=O) groups is 1. The Morgan fingerprint density at radius 3 is 2.86 bits per heavy atom. The van der Waals surface area contributed by atoms with Gasteiger partial charge in [0.05, 0.1) is 5.39 Å². The molecular weight excluding hydrogens is 358 g/mol. The van der Waals surface area contributed by atoms with Gasteiger partial charge in [0, 0.05) is 51.1 Å². The van der Waals surface area contributed by atoms with Crippen LogP contribution in [0.15, 0.2) is 12.1 Å². The summed E-state index contributed by atoms with van der Waals surface area (Å²) >= 11 is 0. The number of likely N-dealkylation sites (tertiary alicyclic amines) is 1. The lowest BCUT2D eigenvalue weighted by Crippen LogP contribution is -2.45. The molecule has 8 nitrogen and oxygen atoms in total. The topological polar surface area (TPSA) is 92.4 Å². The Balaban J connectivity index is 1.46. The van der Waals surface area contributed by atoms with Crippen molar-refractivity contribution in [3.05, 3.63) is 17.8 Å². The molecule has 0 aliphatic carbocycles. The number of pyridine rings is 1. The summed E-state index contributed by atoms with van der Waals surface area (Å²) < 4.78 is 10.8. The first kappa shape index (κ1) is 19.1. The quantitative estimate of drug-likeness (QED) is 0.818. The molecule has 0 bridgehead atoms. The van der Waals surface area contributed by atoms with Crippen LogP contribution >= 0.6 is 0 Å². The molecule has 0 spiro atoms. The fraction of sp³-hybridized carbons (Fsp3) is 0.650. The summed E-state index contributed by atoms with van der Waals surface area (Å²) in [5.74, 6) is 1.12. The van der Waals surface area contributed by atoms with Crippen LogP contribution in [0, 0.1) is 0 Å². The van der Waals surface area contributed by atoms with Gasteiger partial charge >= 0.3 is 0 Å². The molecule has 1 atom stereocenters. The van der Waals surface area contributed by atoms with Gasteiger partial charge in [-0.3, -0.25) is 9.89 Å². The highest BCUT2D eigenvalue weighted by molar-refractivity contribution is 5.87. The maximum atomic E-state index is 12.6. The molecule has 0 unspecified atom stereocenters. The van der Waals surface area contributed by atoms with Crippen molar-refractivity contribution in [3.8, 4) is 0 Å². The fourth-order valence-electron chi connectivity index (χ4n) is 3.95. The number of nitrogens with zero attached hydrogens (tertiary/aromatic N) is 3. The molecule has 4 heterocycles. The van der Waals surface area contributed by atoms with Gasteiger partial charge in [-0.1, -0.05) is 0 Å². The summed E-state index contributed by atoms with van der Waals surface area (Å²) in [6, 6.07) is 4.53. The maximum absolute atomic E-state index is 12.6. The predicted octanol–water partition coefficient (Wildman–Crippen LogP) is 2.29. The molecule has 1 amide bonds. The third-order valence-electron chi connectivity index (χ3n) is 5.93. The molecular formula is C20H29N5O3. The van der Waals surface area contributed by atoms with Gasteiger partial charge < -0.3 is 19.7 Å². The summed E-state index contributed by atoms with van der Waals surface area (Å²) in [7, 11) is 1.57. The van der Waals surface area contributed by atoms with Gasteiger partial charge in [-0.15, -0.1) is 0 Å². The zero-order chi connectivity index (χ0) is 19.7. The molecule has 8 heteroatoms. The minimum absolute atomic E-state index is 0.0306. The van der Waals surface area contributed by atoms with Crippen molar-refractivity contribution >= 4 is 22.8 Å². The number of hydrogen-bond donors (Lipinski definition) is 2. The standard InChI is InChI=1S/C20H29N5O3/c1-20(2,27-3)19(26)25-9-6-13(12-25)16-5-4-15-17(23-24-18(15)22-16)21-14-7-10-28-11-8-14/h4-5,13-14H,6-12H2,1-3H3,(H2,21,22,23,24)/t13-/m0/s1. The first-order valence-corrected chi connectivity index (χ1v) is 10.0. The van der Waals surface area contributed by atoms with Gasteiger partial charge in [0.1, 0.15) is 5.60 Å². The third-order valence-corrected chi connectivity index (χ3v) is 5.93. The number of nitrogens with one attached hydrogen (secondary N) is 2. The summed E-state index contributed by atoms with van der Waals surface area (Å²) in [6.45, 7) is 6.61. The number of aromatic nitrogens is 3. The Morgan fingerprint density at radius 1 is 1.32 bits per heavy atom. The van der Waals surface area contributed by atoms with Crippen molar-refractivity contribution in [2.75, 3.05) is 38.7 Å². The Kier molecular flexibility index (Phi) is 5.25. The number of fused-ring (bicyclic) bond motifs is 1. The average Bonchev–Trinajstić information content (AvgIpc) is 3.35. The molecule has 2 saturated heterocycles. The highest BCUT2D eigenvalue weighted by atomic mass is 16.5. The zero-order valence-corrected chi connectivity index (χ0v) is 16.8. The van der Waals surface area contributed by atoms with Crippen molar-refractivity contribution in [2.45, 2.75) is 50.7 Å². The number of carbonyl (C=O) groups excluding carboxylic acids is 1. The molecule has 2 fully saturated rings. The normalized spacial score (nSPS) is 21.4. The van der Waals surface area contributed by atoms with Gasteiger partial charge in [-0.2, -0.15) is 5.10 Å². The molecule has 2 aromatic rings. The van der Waals surface area contributed by atoms with Crippen LogP contribution in [0.3, 0.4) is 0 Å². The number of amides is 1. The zero-order valence-electron chi connectivity index (χ0n) is 16.8. The smallest absolute Gasteiger partial charge is 0.254 e. The number of anilines is 1. The van der Waals surface area contributed by atoms with Crippen LogP contribution in [-0.2, 0) is 14.3 Å². The summed E-state index contributed by atoms with van der Waals surface area (Å²) in [6.07, 6.45) is 2.89. The molecule has 28 heavy (non-hydrogen) atoms. The van der Waals surface area contributed by atoms with E-state index in [1.807, 2.05) is 18.7 Å². The van der Waals surface area contributed by atoms with E-state index >= 15 is 0 Å². The molecule has 2 aliphatic rings. The van der Waals surface area contributed by atoms with Crippen LogP contribution < -0.4 is 5.32 Å². The van der Waals surface area contributed by atoms with E-state index in [0.717, 1.165) is 61.6 Å². The Morgan fingerprint density at radius 2 is 2.11 bits per heavy atom. The van der Waals surface area contributed by atoms with Crippen LogP contribution in [0.1, 0.15) is 44.7 Å². The average molecular weight is 387 g/mol. The van der Waals surface area contributed by atoms with E-state index in [9.17, 15) is 4.79 Å². The molecule has 0 saturated carbocycles.